The number of alkyl halides is 3. The SMILES string of the molecule is O=S(=O)(c1ccccc1NCC(O)c1ccccc1Cl)C(F)(F)F. The van der Waals surface area contributed by atoms with Crippen molar-refractivity contribution in [2.24, 2.45) is 0 Å². The Labute approximate surface area is 141 Å². The van der Waals surface area contributed by atoms with E-state index in [4.69, 9.17) is 11.6 Å². The third-order valence-corrected chi connectivity index (χ3v) is 5.12. The van der Waals surface area contributed by atoms with Crippen LogP contribution >= 0.6 is 11.6 Å². The molecule has 0 bridgehead atoms. The maximum Gasteiger partial charge on any atom is 0.501 e. The number of anilines is 1. The summed E-state index contributed by atoms with van der Waals surface area (Å²) in [5, 5.41) is 12.9. The minimum Gasteiger partial charge on any atom is -0.387 e. The maximum atomic E-state index is 12.7. The molecule has 2 aromatic carbocycles. The molecule has 130 valence electrons. The van der Waals surface area contributed by atoms with Crippen LogP contribution in [-0.4, -0.2) is 25.6 Å². The highest BCUT2D eigenvalue weighted by Crippen LogP contribution is 2.34. The summed E-state index contributed by atoms with van der Waals surface area (Å²) >= 11 is 5.93. The van der Waals surface area contributed by atoms with Crippen molar-refractivity contribution >= 4 is 27.1 Å². The van der Waals surface area contributed by atoms with Crippen molar-refractivity contribution in [3.05, 3.63) is 59.1 Å². The van der Waals surface area contributed by atoms with Gasteiger partial charge >= 0.3 is 5.51 Å². The number of aliphatic hydroxyl groups excluding tert-OH is 1. The number of aliphatic hydroxyl groups is 1. The monoisotopic (exact) mass is 379 g/mol. The molecule has 0 fully saturated rings. The van der Waals surface area contributed by atoms with Gasteiger partial charge in [0.15, 0.2) is 0 Å². The number of para-hydroxylation sites is 1. The van der Waals surface area contributed by atoms with Gasteiger partial charge in [-0.2, -0.15) is 13.2 Å². The molecule has 1 atom stereocenters. The summed E-state index contributed by atoms with van der Waals surface area (Å²) in [7, 11) is -5.50. The fraction of sp³-hybridized carbons (Fsp3) is 0.200. The van der Waals surface area contributed by atoms with Crippen LogP contribution in [-0.2, 0) is 9.84 Å². The minimum absolute atomic E-state index is 0.214. The van der Waals surface area contributed by atoms with E-state index in [9.17, 15) is 26.7 Å². The van der Waals surface area contributed by atoms with Gasteiger partial charge in [0.05, 0.1) is 16.7 Å². The van der Waals surface area contributed by atoms with Crippen molar-refractivity contribution in [2.75, 3.05) is 11.9 Å². The number of nitrogens with one attached hydrogen (secondary N) is 1. The highest BCUT2D eigenvalue weighted by molar-refractivity contribution is 7.92. The van der Waals surface area contributed by atoms with Gasteiger partial charge < -0.3 is 10.4 Å². The lowest BCUT2D eigenvalue weighted by Gasteiger charge is -2.17. The average Bonchev–Trinajstić information content (AvgIpc) is 2.52. The van der Waals surface area contributed by atoms with Crippen molar-refractivity contribution < 1.29 is 26.7 Å². The second kappa shape index (κ2) is 7.00. The molecule has 1 unspecified atom stereocenters. The summed E-state index contributed by atoms with van der Waals surface area (Å²) in [4.78, 5) is -0.899. The van der Waals surface area contributed by atoms with E-state index in [1.54, 1.807) is 24.3 Å². The molecule has 2 N–H and O–H groups in total. The van der Waals surface area contributed by atoms with E-state index < -0.39 is 26.3 Å². The number of benzene rings is 2. The quantitative estimate of drug-likeness (QED) is 0.829. The summed E-state index contributed by atoms with van der Waals surface area (Å²) in [6, 6.07) is 11.1. The average molecular weight is 380 g/mol. The van der Waals surface area contributed by atoms with Crippen LogP contribution in [0.4, 0.5) is 18.9 Å². The summed E-state index contributed by atoms with van der Waals surface area (Å²) in [5.74, 6) is 0. The Morgan fingerprint density at radius 1 is 1.08 bits per heavy atom. The van der Waals surface area contributed by atoms with Crippen LogP contribution in [0, 0.1) is 0 Å². The van der Waals surface area contributed by atoms with Crippen LogP contribution < -0.4 is 5.32 Å². The van der Waals surface area contributed by atoms with E-state index in [1.807, 2.05) is 0 Å². The van der Waals surface area contributed by atoms with E-state index in [-0.39, 0.29) is 12.2 Å². The molecular formula is C15H13ClF3NO3S. The molecule has 0 aromatic heterocycles. The van der Waals surface area contributed by atoms with Crippen molar-refractivity contribution in [2.45, 2.75) is 16.5 Å². The van der Waals surface area contributed by atoms with Crippen molar-refractivity contribution in [1.29, 1.82) is 0 Å². The molecule has 0 heterocycles. The van der Waals surface area contributed by atoms with Crippen LogP contribution in [0.1, 0.15) is 11.7 Å². The zero-order valence-electron chi connectivity index (χ0n) is 12.1. The smallest absolute Gasteiger partial charge is 0.387 e. The van der Waals surface area contributed by atoms with Gasteiger partial charge in [0.2, 0.25) is 0 Å². The van der Waals surface area contributed by atoms with Crippen LogP contribution in [0.2, 0.25) is 5.02 Å². The van der Waals surface area contributed by atoms with E-state index >= 15 is 0 Å². The van der Waals surface area contributed by atoms with Gasteiger partial charge in [-0.1, -0.05) is 41.9 Å². The molecule has 4 nitrogen and oxygen atoms in total. The molecule has 2 aromatic rings. The Balaban J connectivity index is 2.25. The molecule has 9 heteroatoms. The molecule has 0 aliphatic carbocycles. The summed E-state index contributed by atoms with van der Waals surface area (Å²) < 4.78 is 61.4. The van der Waals surface area contributed by atoms with E-state index in [2.05, 4.69) is 5.32 Å². The number of sulfone groups is 1. The third-order valence-electron chi connectivity index (χ3n) is 3.23. The molecular weight excluding hydrogens is 367 g/mol. The molecule has 0 amide bonds. The number of hydrogen-bond donors (Lipinski definition) is 2. The number of hydrogen-bond acceptors (Lipinski definition) is 4. The molecule has 0 aliphatic rings. The third kappa shape index (κ3) is 3.82. The summed E-state index contributed by atoms with van der Waals surface area (Å²) in [6.45, 7) is -0.214. The van der Waals surface area contributed by atoms with Crippen LogP contribution in [0.25, 0.3) is 0 Å². The standard InChI is InChI=1S/C15H13ClF3NO3S/c16-11-6-2-1-5-10(11)13(21)9-20-12-7-3-4-8-14(12)24(22,23)15(17,18)19/h1-8,13,20-21H,9H2. The van der Waals surface area contributed by atoms with Gasteiger partial charge in [0.1, 0.15) is 0 Å². The molecule has 0 spiro atoms. The van der Waals surface area contributed by atoms with E-state index in [0.717, 1.165) is 6.07 Å². The van der Waals surface area contributed by atoms with Crippen LogP contribution in [0.3, 0.4) is 0 Å². The molecule has 0 saturated carbocycles. The second-order valence-electron chi connectivity index (χ2n) is 4.86. The van der Waals surface area contributed by atoms with Crippen LogP contribution in [0.15, 0.2) is 53.4 Å². The topological polar surface area (TPSA) is 66.4 Å². The first-order valence-corrected chi connectivity index (χ1v) is 8.57. The van der Waals surface area contributed by atoms with Gasteiger partial charge in [-0.3, -0.25) is 0 Å². The molecule has 0 aliphatic heterocycles. The molecule has 2 rings (SSSR count). The zero-order valence-corrected chi connectivity index (χ0v) is 13.7. The van der Waals surface area contributed by atoms with Gasteiger partial charge in [0, 0.05) is 17.1 Å². The normalized spacial score (nSPS) is 13.5. The van der Waals surface area contributed by atoms with Gasteiger partial charge in [-0.15, -0.1) is 0 Å². The first-order valence-electron chi connectivity index (χ1n) is 6.71. The lowest BCUT2D eigenvalue weighted by atomic mass is 10.1. The highest BCUT2D eigenvalue weighted by atomic mass is 35.5. The lowest BCUT2D eigenvalue weighted by Crippen LogP contribution is -2.25. The fourth-order valence-electron chi connectivity index (χ4n) is 2.03. The van der Waals surface area contributed by atoms with E-state index in [0.29, 0.717) is 10.6 Å². The van der Waals surface area contributed by atoms with Crippen molar-refractivity contribution in [3.63, 3.8) is 0 Å². The highest BCUT2D eigenvalue weighted by Gasteiger charge is 2.47. The Morgan fingerprint density at radius 2 is 1.67 bits per heavy atom. The minimum atomic E-state index is -5.50. The van der Waals surface area contributed by atoms with Gasteiger partial charge in [-0.25, -0.2) is 8.42 Å². The molecule has 0 saturated heterocycles. The lowest BCUT2D eigenvalue weighted by molar-refractivity contribution is -0.0435. The fourth-order valence-corrected chi connectivity index (χ4v) is 3.23. The summed E-state index contributed by atoms with van der Waals surface area (Å²) in [5.41, 5.74) is -5.28. The Morgan fingerprint density at radius 3 is 2.29 bits per heavy atom. The molecule has 0 radical (unpaired) electrons. The Bertz CT molecular complexity index is 825. The van der Waals surface area contributed by atoms with Crippen molar-refractivity contribution in [1.82, 2.24) is 0 Å². The van der Waals surface area contributed by atoms with Gasteiger partial charge in [0.25, 0.3) is 9.84 Å². The van der Waals surface area contributed by atoms with Crippen LogP contribution in [0.5, 0.6) is 0 Å². The zero-order chi connectivity index (χ0) is 18.0. The van der Waals surface area contributed by atoms with Gasteiger partial charge in [-0.05, 0) is 18.2 Å². The second-order valence-corrected chi connectivity index (χ2v) is 7.18. The van der Waals surface area contributed by atoms with Crippen molar-refractivity contribution in [3.8, 4) is 0 Å². The number of halogens is 4. The molecule has 24 heavy (non-hydrogen) atoms. The predicted octanol–water partition coefficient (Wildman–Crippen LogP) is 3.78. The largest absolute Gasteiger partial charge is 0.501 e. The maximum absolute atomic E-state index is 12.7. The Hall–Kier alpha value is -1.77. The predicted molar refractivity (Wildman–Crippen MR) is 84.6 cm³/mol. The first kappa shape index (κ1) is 18.6. The first-order chi connectivity index (χ1) is 11.1. The Kier molecular flexibility index (Phi) is 5.42. The van der Waals surface area contributed by atoms with E-state index in [1.165, 1.54) is 18.2 Å². The number of rotatable bonds is 5. The summed E-state index contributed by atoms with van der Waals surface area (Å²) in [6.07, 6.45) is -1.12.